The van der Waals surface area contributed by atoms with Crippen molar-refractivity contribution in [3.05, 3.63) is 30.1 Å². The molecule has 2 aliphatic rings. The topological polar surface area (TPSA) is 40.6 Å². The zero-order valence-corrected chi connectivity index (χ0v) is 16.2. The number of fused-ring (bicyclic) bond motifs is 2. The molecule has 2 aliphatic heterocycles. The fourth-order valence-electron chi connectivity index (χ4n) is 4.17. The predicted molar refractivity (Wildman–Crippen MR) is 97.3 cm³/mol. The van der Waals surface area contributed by atoms with Crippen molar-refractivity contribution in [1.82, 2.24) is 9.21 Å². The van der Waals surface area contributed by atoms with E-state index in [0.717, 1.165) is 19.6 Å². The van der Waals surface area contributed by atoms with Gasteiger partial charge in [0.15, 0.2) is 0 Å². The van der Waals surface area contributed by atoms with Crippen LogP contribution in [0.2, 0.25) is 0 Å². The molecule has 0 N–H and O–H groups in total. The van der Waals surface area contributed by atoms with Gasteiger partial charge in [0.05, 0.1) is 4.90 Å². The van der Waals surface area contributed by atoms with E-state index in [2.05, 4.69) is 25.7 Å². The van der Waals surface area contributed by atoms with Crippen LogP contribution in [0.3, 0.4) is 0 Å². The Labute approximate surface area is 151 Å². The number of halogens is 1. The van der Waals surface area contributed by atoms with E-state index < -0.39 is 15.8 Å². The highest BCUT2D eigenvalue weighted by atomic mass is 32.2. The molecule has 0 amide bonds. The molecule has 25 heavy (non-hydrogen) atoms. The number of benzene rings is 1. The van der Waals surface area contributed by atoms with Gasteiger partial charge in [0, 0.05) is 26.2 Å². The monoisotopic (exact) mass is 368 g/mol. The molecule has 2 atom stereocenters. The molecule has 2 fully saturated rings. The molecule has 2 unspecified atom stereocenters. The maximum absolute atomic E-state index is 13.1. The standard InChI is InChI=1S/C19H29FN2O2S/c1-4-5-10-21-11-15-13-22(14-16(12-21)19(15,2)3)25(23,24)18-8-6-17(20)7-9-18/h6-9,15-16H,4-5,10-14H2,1-3H3. The summed E-state index contributed by atoms with van der Waals surface area (Å²) in [6.07, 6.45) is 2.37. The first-order chi connectivity index (χ1) is 11.7. The third kappa shape index (κ3) is 3.62. The number of sulfonamides is 1. The van der Waals surface area contributed by atoms with Crippen LogP contribution in [0.15, 0.2) is 29.2 Å². The Hall–Kier alpha value is -0.980. The molecule has 6 heteroatoms. The first-order valence-corrected chi connectivity index (χ1v) is 10.7. The number of hydrogen-bond donors (Lipinski definition) is 0. The van der Waals surface area contributed by atoms with Crippen LogP contribution < -0.4 is 0 Å². The number of nitrogens with zero attached hydrogens (tertiary/aromatic N) is 2. The summed E-state index contributed by atoms with van der Waals surface area (Å²) in [4.78, 5) is 2.70. The minimum atomic E-state index is -3.56. The van der Waals surface area contributed by atoms with Crippen molar-refractivity contribution in [2.45, 2.75) is 38.5 Å². The summed E-state index contributed by atoms with van der Waals surface area (Å²) in [6.45, 7) is 10.9. The van der Waals surface area contributed by atoms with E-state index >= 15 is 0 Å². The lowest BCUT2D eigenvalue weighted by molar-refractivity contribution is -0.0493. The van der Waals surface area contributed by atoms with E-state index in [-0.39, 0.29) is 10.3 Å². The molecule has 0 aromatic heterocycles. The zero-order valence-electron chi connectivity index (χ0n) is 15.4. The summed E-state index contributed by atoms with van der Waals surface area (Å²) >= 11 is 0. The molecular weight excluding hydrogens is 339 g/mol. The third-order valence-corrected chi connectivity index (χ3v) is 8.03. The molecule has 140 valence electrons. The average Bonchev–Trinajstić information content (AvgIpc) is 2.53. The van der Waals surface area contributed by atoms with Gasteiger partial charge in [-0.15, -0.1) is 0 Å². The lowest BCUT2D eigenvalue weighted by Gasteiger charge is -2.55. The van der Waals surface area contributed by atoms with Gasteiger partial charge in [-0.1, -0.05) is 27.2 Å². The predicted octanol–water partition coefficient (Wildman–Crippen LogP) is 3.20. The van der Waals surface area contributed by atoms with Crippen LogP contribution in [0.4, 0.5) is 4.39 Å². The molecule has 1 aromatic carbocycles. The summed E-state index contributed by atoms with van der Waals surface area (Å²) < 4.78 is 40.7. The van der Waals surface area contributed by atoms with E-state index in [9.17, 15) is 12.8 Å². The molecule has 0 aliphatic carbocycles. The number of piperidine rings is 2. The summed E-state index contributed by atoms with van der Waals surface area (Å²) in [5, 5.41) is 0. The summed E-state index contributed by atoms with van der Waals surface area (Å²) in [6, 6.07) is 5.17. The molecule has 2 heterocycles. The van der Waals surface area contributed by atoms with E-state index in [1.165, 1.54) is 37.1 Å². The zero-order chi connectivity index (χ0) is 18.2. The van der Waals surface area contributed by atoms with Gasteiger partial charge in [0.1, 0.15) is 5.82 Å². The highest BCUT2D eigenvalue weighted by Gasteiger charge is 2.49. The van der Waals surface area contributed by atoms with Gasteiger partial charge in [-0.25, -0.2) is 12.8 Å². The van der Waals surface area contributed by atoms with E-state index in [1.807, 2.05) is 0 Å². The smallest absolute Gasteiger partial charge is 0.243 e. The third-order valence-electron chi connectivity index (χ3n) is 6.19. The van der Waals surface area contributed by atoms with E-state index in [4.69, 9.17) is 0 Å². The Bertz CT molecular complexity index is 685. The van der Waals surface area contributed by atoms with Gasteiger partial charge >= 0.3 is 0 Å². The van der Waals surface area contributed by atoms with Crippen molar-refractivity contribution in [3.63, 3.8) is 0 Å². The SMILES string of the molecule is CCCCN1CC2CN(S(=O)(=O)c3ccc(F)cc3)CC(C1)C2(C)C. The summed E-state index contributed by atoms with van der Waals surface area (Å²) in [5.74, 6) is 0.237. The molecule has 2 bridgehead atoms. The van der Waals surface area contributed by atoms with Gasteiger partial charge in [-0.2, -0.15) is 4.31 Å². The van der Waals surface area contributed by atoms with Gasteiger partial charge in [-0.05, 0) is 54.5 Å². The van der Waals surface area contributed by atoms with Crippen LogP contribution in [-0.2, 0) is 10.0 Å². The van der Waals surface area contributed by atoms with Crippen LogP contribution >= 0.6 is 0 Å². The summed E-state index contributed by atoms with van der Waals surface area (Å²) in [7, 11) is -3.56. The van der Waals surface area contributed by atoms with Crippen molar-refractivity contribution < 1.29 is 12.8 Å². The largest absolute Gasteiger partial charge is 0.303 e. The van der Waals surface area contributed by atoms with Crippen molar-refractivity contribution in [2.75, 3.05) is 32.7 Å². The molecule has 0 saturated carbocycles. The Morgan fingerprint density at radius 3 is 2.16 bits per heavy atom. The van der Waals surface area contributed by atoms with Crippen LogP contribution in [-0.4, -0.2) is 50.3 Å². The van der Waals surface area contributed by atoms with Crippen molar-refractivity contribution >= 4 is 10.0 Å². The minimum Gasteiger partial charge on any atom is -0.303 e. The minimum absolute atomic E-state index is 0.150. The van der Waals surface area contributed by atoms with Crippen LogP contribution in [0.1, 0.15) is 33.6 Å². The molecule has 0 radical (unpaired) electrons. The Balaban J connectivity index is 1.80. The maximum atomic E-state index is 13.1. The quantitative estimate of drug-likeness (QED) is 0.801. The molecule has 1 aromatic rings. The van der Waals surface area contributed by atoms with Gasteiger partial charge in [0.25, 0.3) is 0 Å². The van der Waals surface area contributed by atoms with Crippen molar-refractivity contribution in [3.8, 4) is 0 Å². The number of likely N-dealkylation sites (tertiary alicyclic amines) is 1. The second kappa shape index (κ2) is 6.97. The van der Waals surface area contributed by atoms with E-state index in [1.54, 1.807) is 4.31 Å². The lowest BCUT2D eigenvalue weighted by Crippen LogP contribution is -2.62. The van der Waals surface area contributed by atoms with Crippen molar-refractivity contribution in [2.24, 2.45) is 17.3 Å². The fourth-order valence-corrected chi connectivity index (χ4v) is 5.70. The first kappa shape index (κ1) is 18.8. The first-order valence-electron chi connectivity index (χ1n) is 9.23. The maximum Gasteiger partial charge on any atom is 0.243 e. The van der Waals surface area contributed by atoms with E-state index in [0.29, 0.717) is 24.9 Å². The van der Waals surface area contributed by atoms with Gasteiger partial charge in [-0.3, -0.25) is 0 Å². The molecular formula is C19H29FN2O2S. The molecule has 2 saturated heterocycles. The Morgan fingerprint density at radius 1 is 1.08 bits per heavy atom. The molecule has 0 spiro atoms. The number of rotatable bonds is 5. The number of unbranched alkanes of at least 4 members (excludes halogenated alkanes) is 1. The molecule has 3 rings (SSSR count). The van der Waals surface area contributed by atoms with Crippen molar-refractivity contribution in [1.29, 1.82) is 0 Å². The highest BCUT2D eigenvalue weighted by molar-refractivity contribution is 7.89. The normalized spacial score (nSPS) is 27.4. The van der Waals surface area contributed by atoms with Gasteiger partial charge in [0.2, 0.25) is 10.0 Å². The second-order valence-corrected chi connectivity index (χ2v) is 10.0. The Kier molecular flexibility index (Phi) is 5.24. The van der Waals surface area contributed by atoms with Crippen LogP contribution in [0, 0.1) is 23.1 Å². The second-order valence-electron chi connectivity index (χ2n) is 8.10. The van der Waals surface area contributed by atoms with Crippen LogP contribution in [0.5, 0.6) is 0 Å². The van der Waals surface area contributed by atoms with Crippen LogP contribution in [0.25, 0.3) is 0 Å². The fraction of sp³-hybridized carbons (Fsp3) is 0.684. The van der Waals surface area contributed by atoms with Gasteiger partial charge < -0.3 is 4.90 Å². The highest BCUT2D eigenvalue weighted by Crippen LogP contribution is 2.45. The molecule has 4 nitrogen and oxygen atoms in total. The number of hydrogen-bond acceptors (Lipinski definition) is 3. The lowest BCUT2D eigenvalue weighted by atomic mass is 9.64. The summed E-state index contributed by atoms with van der Waals surface area (Å²) in [5.41, 5.74) is 0.150. The average molecular weight is 369 g/mol. The Morgan fingerprint density at radius 2 is 1.64 bits per heavy atom.